The number of carboxylic acid groups (broad SMARTS) is 1. The molecule has 104 valence electrons. The summed E-state index contributed by atoms with van der Waals surface area (Å²) < 4.78 is 0. The average Bonchev–Trinajstić information content (AvgIpc) is 2.34. The summed E-state index contributed by atoms with van der Waals surface area (Å²) >= 11 is 1.82. The van der Waals surface area contributed by atoms with E-state index in [4.69, 9.17) is 5.11 Å². The van der Waals surface area contributed by atoms with Crippen LogP contribution in [0.15, 0.2) is 23.1 Å². The Morgan fingerprint density at radius 2 is 2.21 bits per heavy atom. The quantitative estimate of drug-likeness (QED) is 0.885. The molecule has 0 aliphatic carbocycles. The van der Waals surface area contributed by atoms with Gasteiger partial charge in [-0.15, -0.1) is 11.8 Å². The monoisotopic (exact) mass is 279 g/mol. The fourth-order valence-corrected chi connectivity index (χ4v) is 3.43. The van der Waals surface area contributed by atoms with E-state index < -0.39 is 5.97 Å². The highest BCUT2D eigenvalue weighted by molar-refractivity contribution is 7.99. The van der Waals surface area contributed by atoms with Crippen LogP contribution in [0.5, 0.6) is 0 Å². The van der Waals surface area contributed by atoms with Crippen molar-refractivity contribution in [1.82, 2.24) is 0 Å². The van der Waals surface area contributed by atoms with Crippen molar-refractivity contribution in [2.75, 3.05) is 11.1 Å². The van der Waals surface area contributed by atoms with E-state index in [9.17, 15) is 4.79 Å². The molecule has 1 atom stereocenters. The normalized spacial score (nSPS) is 18.6. The number of thioether (sulfide) groups is 1. The highest BCUT2D eigenvalue weighted by atomic mass is 32.2. The predicted molar refractivity (Wildman–Crippen MR) is 80.1 cm³/mol. The molecule has 1 heterocycles. The number of hydrogen-bond acceptors (Lipinski definition) is 3. The highest BCUT2D eigenvalue weighted by Gasteiger charge is 2.25. The van der Waals surface area contributed by atoms with Crippen LogP contribution in [0.3, 0.4) is 0 Å². The van der Waals surface area contributed by atoms with Crippen molar-refractivity contribution in [3.63, 3.8) is 0 Å². The van der Waals surface area contributed by atoms with Gasteiger partial charge in [0.25, 0.3) is 0 Å². The molecule has 4 heteroatoms. The van der Waals surface area contributed by atoms with Crippen LogP contribution >= 0.6 is 11.8 Å². The van der Waals surface area contributed by atoms with Gasteiger partial charge < -0.3 is 10.4 Å². The van der Waals surface area contributed by atoms with E-state index in [1.165, 1.54) is 16.1 Å². The molecule has 1 aromatic rings. The summed E-state index contributed by atoms with van der Waals surface area (Å²) in [5.41, 5.74) is 2.59. The first-order valence-electron chi connectivity index (χ1n) is 6.62. The van der Waals surface area contributed by atoms with Crippen LogP contribution in [0.2, 0.25) is 0 Å². The number of nitrogens with one attached hydrogen (secondary N) is 1. The lowest BCUT2D eigenvalue weighted by Gasteiger charge is -2.32. The van der Waals surface area contributed by atoms with Gasteiger partial charge in [0.1, 0.15) is 0 Å². The highest BCUT2D eigenvalue weighted by Crippen LogP contribution is 2.40. The Morgan fingerprint density at radius 3 is 2.84 bits per heavy atom. The summed E-state index contributed by atoms with van der Waals surface area (Å²) in [5.74, 6) is 0.218. The number of rotatable bonds is 3. The smallest absolute Gasteiger partial charge is 0.303 e. The number of para-hydroxylation sites is 1. The van der Waals surface area contributed by atoms with E-state index in [1.807, 2.05) is 11.8 Å². The maximum Gasteiger partial charge on any atom is 0.303 e. The van der Waals surface area contributed by atoms with Crippen molar-refractivity contribution in [2.24, 2.45) is 0 Å². The standard InChI is InChI=1S/C15H21NO2S/c1-15(2,3)11-5-4-6-12-14(11)16-10(9-19-12)7-8-13(17)18/h4-6,10,16H,7-9H2,1-3H3,(H,17,18). The molecule has 0 fully saturated rings. The summed E-state index contributed by atoms with van der Waals surface area (Å²) in [6.07, 6.45) is 0.908. The zero-order valence-electron chi connectivity index (χ0n) is 11.7. The second kappa shape index (κ2) is 5.45. The Morgan fingerprint density at radius 1 is 1.47 bits per heavy atom. The second-order valence-electron chi connectivity index (χ2n) is 6.01. The lowest BCUT2D eigenvalue weighted by molar-refractivity contribution is -0.137. The van der Waals surface area contributed by atoms with Crippen molar-refractivity contribution < 1.29 is 9.90 Å². The first kappa shape index (κ1) is 14.3. The number of anilines is 1. The largest absolute Gasteiger partial charge is 0.481 e. The first-order chi connectivity index (χ1) is 8.88. The number of fused-ring (bicyclic) bond motifs is 1. The molecule has 0 saturated heterocycles. The van der Waals surface area contributed by atoms with Gasteiger partial charge >= 0.3 is 5.97 Å². The van der Waals surface area contributed by atoms with Crippen LogP contribution in [0, 0.1) is 0 Å². The summed E-state index contributed by atoms with van der Waals surface area (Å²) in [4.78, 5) is 12.0. The topological polar surface area (TPSA) is 49.3 Å². The minimum absolute atomic E-state index is 0.0909. The number of hydrogen-bond donors (Lipinski definition) is 2. The molecular formula is C15H21NO2S. The number of aliphatic carboxylic acids is 1. The van der Waals surface area contributed by atoms with Crippen LogP contribution in [-0.2, 0) is 10.2 Å². The van der Waals surface area contributed by atoms with Crippen LogP contribution in [0.25, 0.3) is 0 Å². The molecule has 0 amide bonds. The van der Waals surface area contributed by atoms with Crippen molar-refractivity contribution in [2.45, 2.75) is 50.0 Å². The Kier molecular flexibility index (Phi) is 4.09. The van der Waals surface area contributed by atoms with Crippen LogP contribution in [0.1, 0.15) is 39.2 Å². The molecule has 2 N–H and O–H groups in total. The summed E-state index contributed by atoms with van der Waals surface area (Å²) in [7, 11) is 0. The summed E-state index contributed by atoms with van der Waals surface area (Å²) in [5, 5.41) is 12.3. The van der Waals surface area contributed by atoms with Crippen molar-refractivity contribution in [3.05, 3.63) is 23.8 Å². The molecule has 0 saturated carbocycles. The van der Waals surface area contributed by atoms with E-state index >= 15 is 0 Å². The lowest BCUT2D eigenvalue weighted by Crippen LogP contribution is -2.29. The van der Waals surface area contributed by atoms with Crippen molar-refractivity contribution in [3.8, 4) is 0 Å². The first-order valence-corrected chi connectivity index (χ1v) is 7.61. The van der Waals surface area contributed by atoms with E-state index in [1.54, 1.807) is 0 Å². The second-order valence-corrected chi connectivity index (χ2v) is 7.08. The molecule has 0 bridgehead atoms. The van der Waals surface area contributed by atoms with Crippen LogP contribution < -0.4 is 5.32 Å². The Balaban J connectivity index is 2.20. The fraction of sp³-hybridized carbons (Fsp3) is 0.533. The summed E-state index contributed by atoms with van der Waals surface area (Å²) in [6, 6.07) is 6.64. The molecule has 2 rings (SSSR count). The number of benzene rings is 1. The average molecular weight is 279 g/mol. The van der Waals surface area contributed by atoms with Crippen molar-refractivity contribution in [1.29, 1.82) is 0 Å². The molecule has 1 aliphatic heterocycles. The maximum atomic E-state index is 10.7. The molecule has 0 radical (unpaired) electrons. The van der Waals surface area contributed by atoms with Gasteiger partial charge in [0.05, 0.1) is 5.69 Å². The fourth-order valence-electron chi connectivity index (χ4n) is 2.31. The van der Waals surface area contributed by atoms with Gasteiger partial charge in [-0.05, 0) is 23.5 Å². The molecule has 3 nitrogen and oxygen atoms in total. The molecule has 0 aromatic heterocycles. The molecule has 0 spiro atoms. The minimum Gasteiger partial charge on any atom is -0.481 e. The van der Waals surface area contributed by atoms with Crippen molar-refractivity contribution >= 4 is 23.4 Å². The van der Waals surface area contributed by atoms with Gasteiger partial charge in [-0.25, -0.2) is 0 Å². The maximum absolute atomic E-state index is 10.7. The Hall–Kier alpha value is -1.16. The minimum atomic E-state index is -0.721. The van der Waals surface area contributed by atoms with Crippen LogP contribution in [0.4, 0.5) is 5.69 Å². The molecular weight excluding hydrogens is 258 g/mol. The third-order valence-electron chi connectivity index (χ3n) is 3.33. The Labute approximate surface area is 118 Å². The van der Waals surface area contributed by atoms with E-state index in [-0.39, 0.29) is 17.9 Å². The predicted octanol–water partition coefficient (Wildman–Crippen LogP) is 3.74. The van der Waals surface area contributed by atoms with Gasteiger partial charge in [-0.1, -0.05) is 32.9 Å². The molecule has 1 aliphatic rings. The van der Waals surface area contributed by atoms with Crippen LogP contribution in [-0.4, -0.2) is 22.9 Å². The SMILES string of the molecule is CC(C)(C)c1cccc2c1NC(CCC(=O)O)CS2. The molecule has 19 heavy (non-hydrogen) atoms. The molecule has 1 unspecified atom stereocenters. The van der Waals surface area contributed by atoms with Gasteiger partial charge in [-0.3, -0.25) is 4.79 Å². The van der Waals surface area contributed by atoms with Gasteiger partial charge in [-0.2, -0.15) is 0 Å². The lowest BCUT2D eigenvalue weighted by atomic mass is 9.85. The number of carboxylic acids is 1. The van der Waals surface area contributed by atoms with Gasteiger partial charge in [0.15, 0.2) is 0 Å². The number of carbonyl (C=O) groups is 1. The van der Waals surface area contributed by atoms with E-state index in [0.29, 0.717) is 6.42 Å². The molecule has 1 aromatic carbocycles. The zero-order valence-corrected chi connectivity index (χ0v) is 12.5. The van der Waals surface area contributed by atoms with E-state index in [0.717, 1.165) is 5.75 Å². The Bertz CT molecular complexity index is 480. The zero-order chi connectivity index (χ0) is 14.0. The third-order valence-corrected chi connectivity index (χ3v) is 4.55. The van der Waals surface area contributed by atoms with E-state index in [2.05, 4.69) is 44.3 Å². The van der Waals surface area contributed by atoms with Gasteiger partial charge in [0.2, 0.25) is 0 Å². The third kappa shape index (κ3) is 3.44. The van der Waals surface area contributed by atoms with Gasteiger partial charge in [0, 0.05) is 23.1 Å². The summed E-state index contributed by atoms with van der Waals surface area (Å²) in [6.45, 7) is 6.61.